The van der Waals surface area contributed by atoms with Crippen LogP contribution in [0.2, 0.25) is 0 Å². The number of nitrogens with zero attached hydrogens (tertiary/aromatic N) is 5. The van der Waals surface area contributed by atoms with Gasteiger partial charge in [-0.25, -0.2) is 8.78 Å². The van der Waals surface area contributed by atoms with Gasteiger partial charge < -0.3 is 14.5 Å². The van der Waals surface area contributed by atoms with Gasteiger partial charge in [-0.15, -0.1) is 0 Å². The zero-order chi connectivity index (χ0) is 29.3. The van der Waals surface area contributed by atoms with Crippen LogP contribution in [0.25, 0.3) is 22.0 Å². The number of aromatic nitrogens is 2. The Hall–Kier alpha value is -3.59. The molecule has 0 spiro atoms. The maximum Gasteiger partial charge on any atom is 0.319 e. The first-order valence-electron chi connectivity index (χ1n) is 15.9. The SMILES string of the molecule is C=CC(=O)N1CC[C@H]2[C@H]1CN2c1nc(OCC23CCCN2CCC3)nc2c(F)c(-c3cccc4c3CCCC4)c(F)cc12. The van der Waals surface area contributed by atoms with Crippen LogP contribution in [0.3, 0.4) is 0 Å². The van der Waals surface area contributed by atoms with Crippen molar-refractivity contribution < 1.29 is 18.3 Å². The Balaban J connectivity index is 1.23. The molecular formula is C34H37F2N5O2. The van der Waals surface area contributed by atoms with Crippen molar-refractivity contribution >= 4 is 22.6 Å². The summed E-state index contributed by atoms with van der Waals surface area (Å²) in [6, 6.07) is 7.36. The number of carbonyl (C=O) groups excluding carboxylic acids is 1. The largest absolute Gasteiger partial charge is 0.461 e. The zero-order valence-electron chi connectivity index (χ0n) is 24.5. The molecule has 8 rings (SSSR count). The predicted molar refractivity (Wildman–Crippen MR) is 161 cm³/mol. The Labute approximate surface area is 250 Å². The van der Waals surface area contributed by atoms with Crippen LogP contribution < -0.4 is 9.64 Å². The van der Waals surface area contributed by atoms with Gasteiger partial charge in [-0.05, 0) is 99.7 Å². The van der Waals surface area contributed by atoms with Gasteiger partial charge in [-0.3, -0.25) is 9.69 Å². The van der Waals surface area contributed by atoms with Crippen molar-refractivity contribution in [3.05, 3.63) is 59.7 Å². The maximum atomic E-state index is 16.7. The van der Waals surface area contributed by atoms with Crippen LogP contribution in [0, 0.1) is 11.6 Å². The topological polar surface area (TPSA) is 61.8 Å². The molecule has 2 atom stereocenters. The van der Waals surface area contributed by atoms with Crippen LogP contribution in [0.4, 0.5) is 14.6 Å². The van der Waals surface area contributed by atoms with E-state index in [9.17, 15) is 4.79 Å². The lowest BCUT2D eigenvalue weighted by molar-refractivity contribution is -0.127. The highest BCUT2D eigenvalue weighted by atomic mass is 19.1. The summed E-state index contributed by atoms with van der Waals surface area (Å²) < 4.78 is 39.1. The van der Waals surface area contributed by atoms with Gasteiger partial charge in [-0.2, -0.15) is 9.97 Å². The molecule has 5 aliphatic rings. The first kappa shape index (κ1) is 27.0. The number of likely N-dealkylation sites (tertiary alicyclic amines) is 1. The van der Waals surface area contributed by atoms with Crippen LogP contribution in [-0.2, 0) is 17.6 Å². The minimum absolute atomic E-state index is 0.0144. The van der Waals surface area contributed by atoms with Gasteiger partial charge in [0.15, 0.2) is 5.82 Å². The van der Waals surface area contributed by atoms with E-state index in [1.165, 1.54) is 17.7 Å². The van der Waals surface area contributed by atoms with E-state index in [1.54, 1.807) is 0 Å². The van der Waals surface area contributed by atoms with Crippen molar-refractivity contribution in [3.63, 3.8) is 0 Å². The van der Waals surface area contributed by atoms with Crippen LogP contribution in [-0.4, -0.2) is 76.1 Å². The molecule has 0 radical (unpaired) electrons. The standard InChI is InChI=1S/C34H37F2N5O2/c1-2-28(42)40-17-12-26-27(40)19-41(26)32-24-18-25(35)29(23-11-5-9-21-8-3-4-10-22(21)23)30(36)31(24)37-33(38-32)43-20-34-13-6-15-39(34)16-7-14-34/h2,5,9,11,18,26-27H,1,3-4,6-8,10,12-17,19-20H2/t26-,27+/m0/s1. The van der Waals surface area contributed by atoms with Gasteiger partial charge in [0, 0.05) is 18.5 Å². The first-order chi connectivity index (χ1) is 21.0. The molecule has 1 aromatic heterocycles. The van der Waals surface area contributed by atoms with Gasteiger partial charge in [-0.1, -0.05) is 24.8 Å². The molecule has 7 nitrogen and oxygen atoms in total. The Bertz CT molecular complexity index is 1630. The summed E-state index contributed by atoms with van der Waals surface area (Å²) in [6.07, 6.45) is 10.3. The van der Waals surface area contributed by atoms with E-state index < -0.39 is 11.6 Å². The quantitative estimate of drug-likeness (QED) is 0.360. The van der Waals surface area contributed by atoms with Crippen molar-refractivity contribution in [1.82, 2.24) is 19.8 Å². The molecule has 0 saturated carbocycles. The fourth-order valence-electron chi connectivity index (χ4n) is 8.62. The fraction of sp³-hybridized carbons (Fsp3) is 0.500. The van der Waals surface area contributed by atoms with Gasteiger partial charge >= 0.3 is 6.01 Å². The lowest BCUT2D eigenvalue weighted by Crippen LogP contribution is -2.63. The van der Waals surface area contributed by atoms with Crippen molar-refractivity contribution in [2.45, 2.75) is 75.4 Å². The molecule has 43 heavy (non-hydrogen) atoms. The van der Waals surface area contributed by atoms with Gasteiger partial charge in [0.25, 0.3) is 0 Å². The van der Waals surface area contributed by atoms with Crippen molar-refractivity contribution in [1.29, 1.82) is 0 Å². The molecule has 4 fully saturated rings. The molecule has 224 valence electrons. The highest BCUT2D eigenvalue weighted by molar-refractivity contribution is 5.95. The minimum atomic E-state index is -0.670. The summed E-state index contributed by atoms with van der Waals surface area (Å²) in [5.41, 5.74) is 2.84. The molecule has 9 heteroatoms. The third kappa shape index (κ3) is 4.18. The molecule has 0 bridgehead atoms. The average molecular weight is 586 g/mol. The Morgan fingerprint density at radius 1 is 1.07 bits per heavy atom. The number of halogens is 2. The Morgan fingerprint density at radius 2 is 1.88 bits per heavy atom. The smallest absolute Gasteiger partial charge is 0.319 e. The lowest BCUT2D eigenvalue weighted by Gasteiger charge is -2.47. The normalized spacial score (nSPS) is 24.0. The number of fused-ring (bicyclic) bond motifs is 4. The number of benzene rings is 2. The number of hydrogen-bond donors (Lipinski definition) is 0. The molecule has 1 amide bonds. The van der Waals surface area contributed by atoms with Gasteiger partial charge in [0.05, 0.1) is 23.2 Å². The highest BCUT2D eigenvalue weighted by Crippen LogP contribution is 2.44. The van der Waals surface area contributed by atoms with E-state index in [2.05, 4.69) is 27.4 Å². The van der Waals surface area contributed by atoms with Crippen LogP contribution in [0.1, 0.15) is 56.1 Å². The van der Waals surface area contributed by atoms with Crippen molar-refractivity contribution in [2.75, 3.05) is 37.7 Å². The fourth-order valence-corrected chi connectivity index (χ4v) is 8.62. The Morgan fingerprint density at radius 3 is 2.70 bits per heavy atom. The molecule has 4 saturated heterocycles. The highest BCUT2D eigenvalue weighted by Gasteiger charge is 2.50. The summed E-state index contributed by atoms with van der Waals surface area (Å²) in [5, 5.41) is 0.337. The second-order valence-electron chi connectivity index (χ2n) is 12.9. The molecular weight excluding hydrogens is 548 g/mol. The number of ether oxygens (including phenoxy) is 1. The second kappa shape index (κ2) is 10.3. The van der Waals surface area contributed by atoms with Gasteiger partial charge in [0.2, 0.25) is 5.91 Å². The average Bonchev–Trinajstić information content (AvgIpc) is 3.69. The number of hydrogen-bond acceptors (Lipinski definition) is 6. The number of anilines is 1. The number of aryl methyl sites for hydroxylation is 1. The molecule has 2 aromatic carbocycles. The molecule has 0 unspecified atom stereocenters. The van der Waals surface area contributed by atoms with Crippen LogP contribution >= 0.6 is 0 Å². The van der Waals surface area contributed by atoms with E-state index in [-0.39, 0.29) is 40.6 Å². The summed E-state index contributed by atoms with van der Waals surface area (Å²) in [4.78, 5) is 28.3. The third-order valence-corrected chi connectivity index (χ3v) is 10.8. The van der Waals surface area contributed by atoms with Crippen LogP contribution in [0.5, 0.6) is 6.01 Å². The van der Waals surface area contributed by atoms with Crippen molar-refractivity contribution in [2.24, 2.45) is 0 Å². The molecule has 1 aliphatic carbocycles. The second-order valence-corrected chi connectivity index (χ2v) is 12.9. The number of carbonyl (C=O) groups is 1. The van der Waals surface area contributed by atoms with E-state index in [0.29, 0.717) is 36.5 Å². The summed E-state index contributed by atoms with van der Waals surface area (Å²) >= 11 is 0. The number of rotatable bonds is 6. The summed E-state index contributed by atoms with van der Waals surface area (Å²) in [6.45, 7) is 7.39. The van der Waals surface area contributed by atoms with Crippen molar-refractivity contribution in [3.8, 4) is 17.1 Å². The van der Waals surface area contributed by atoms with E-state index >= 15 is 8.78 Å². The molecule has 3 aromatic rings. The van der Waals surface area contributed by atoms with Crippen LogP contribution in [0.15, 0.2) is 36.9 Å². The minimum Gasteiger partial charge on any atom is -0.461 e. The summed E-state index contributed by atoms with van der Waals surface area (Å²) in [5.74, 6) is -0.897. The monoisotopic (exact) mass is 585 g/mol. The van der Waals surface area contributed by atoms with Gasteiger partial charge in [0.1, 0.15) is 23.8 Å². The first-order valence-corrected chi connectivity index (χ1v) is 15.9. The molecule has 5 heterocycles. The lowest BCUT2D eigenvalue weighted by atomic mass is 9.85. The van der Waals surface area contributed by atoms with E-state index in [1.807, 2.05) is 17.0 Å². The maximum absolute atomic E-state index is 16.7. The molecule has 4 aliphatic heterocycles. The Kier molecular flexibility index (Phi) is 6.44. The van der Waals surface area contributed by atoms with E-state index in [0.717, 1.165) is 76.4 Å². The predicted octanol–water partition coefficient (Wildman–Crippen LogP) is 5.44. The molecule has 0 N–H and O–H groups in total. The van der Waals surface area contributed by atoms with E-state index in [4.69, 9.17) is 9.72 Å². The third-order valence-electron chi connectivity index (χ3n) is 10.8. The summed E-state index contributed by atoms with van der Waals surface area (Å²) in [7, 11) is 0. The zero-order valence-corrected chi connectivity index (χ0v) is 24.5. The number of amides is 1.